The van der Waals surface area contributed by atoms with E-state index in [2.05, 4.69) is 15.9 Å². The van der Waals surface area contributed by atoms with Crippen molar-refractivity contribution in [1.29, 1.82) is 0 Å². The molecule has 6 heteroatoms. The predicted molar refractivity (Wildman–Crippen MR) is 62.7 cm³/mol. The van der Waals surface area contributed by atoms with E-state index >= 15 is 0 Å². The van der Waals surface area contributed by atoms with Crippen molar-refractivity contribution in [3.05, 3.63) is 34.1 Å². The maximum atomic E-state index is 13.5. The molecule has 0 saturated carbocycles. The van der Waals surface area contributed by atoms with Gasteiger partial charge in [-0.15, -0.1) is 0 Å². The molecule has 0 fully saturated rings. The van der Waals surface area contributed by atoms with Crippen molar-refractivity contribution in [2.24, 2.45) is 0 Å². The quantitative estimate of drug-likeness (QED) is 0.804. The summed E-state index contributed by atoms with van der Waals surface area (Å²) in [4.78, 5) is 11.7. The molecule has 0 amide bonds. The normalized spacial score (nSPS) is 13.5. The number of Topliss-reactive ketones (excluding diaryl/α,β-unsaturated/α-hetero) is 1. The van der Waals surface area contributed by atoms with E-state index in [-0.39, 0.29) is 10.0 Å². The number of halogens is 2. The monoisotopic (exact) mass is 308 g/mol. The molecule has 0 aliphatic carbocycles. The molecule has 0 spiro atoms. The van der Waals surface area contributed by atoms with Gasteiger partial charge in [-0.2, -0.15) is 0 Å². The first-order valence-corrected chi connectivity index (χ1v) is 7.17. The molecule has 0 aliphatic heterocycles. The van der Waals surface area contributed by atoms with Crippen molar-refractivity contribution in [2.45, 2.75) is 12.2 Å². The second kappa shape index (κ2) is 4.63. The number of hydrogen-bond acceptors (Lipinski definition) is 3. The van der Waals surface area contributed by atoms with E-state index < -0.39 is 26.7 Å². The van der Waals surface area contributed by atoms with Gasteiger partial charge in [-0.3, -0.25) is 4.79 Å². The highest BCUT2D eigenvalue weighted by molar-refractivity contribution is 9.10. The molecule has 0 radical (unpaired) electrons. The number of ketones is 1. The third-order valence-electron chi connectivity index (χ3n) is 2.23. The van der Waals surface area contributed by atoms with Gasteiger partial charge in [0.25, 0.3) is 0 Å². The molecule has 0 saturated heterocycles. The van der Waals surface area contributed by atoms with Crippen LogP contribution < -0.4 is 0 Å². The van der Waals surface area contributed by atoms with Crippen LogP contribution in [0.1, 0.15) is 17.3 Å². The summed E-state index contributed by atoms with van der Waals surface area (Å²) in [6, 6.07) is 4.19. The topological polar surface area (TPSA) is 51.2 Å². The van der Waals surface area contributed by atoms with Crippen LogP contribution in [0.2, 0.25) is 0 Å². The van der Waals surface area contributed by atoms with Crippen molar-refractivity contribution in [1.82, 2.24) is 0 Å². The molecule has 1 unspecified atom stereocenters. The Hall–Kier alpha value is -0.750. The highest BCUT2D eigenvalue weighted by atomic mass is 79.9. The van der Waals surface area contributed by atoms with E-state index in [0.717, 1.165) is 6.26 Å². The lowest BCUT2D eigenvalue weighted by Crippen LogP contribution is -2.27. The van der Waals surface area contributed by atoms with Gasteiger partial charge in [0.15, 0.2) is 15.6 Å². The van der Waals surface area contributed by atoms with Crippen molar-refractivity contribution >= 4 is 31.6 Å². The minimum atomic E-state index is -3.51. The second-order valence-electron chi connectivity index (χ2n) is 3.44. The molecule has 0 aromatic heterocycles. The summed E-state index contributed by atoms with van der Waals surface area (Å²) in [7, 11) is -3.51. The number of sulfone groups is 1. The molecular weight excluding hydrogens is 299 g/mol. The lowest BCUT2D eigenvalue weighted by atomic mass is 10.1. The highest BCUT2D eigenvalue weighted by Crippen LogP contribution is 2.20. The molecule has 1 aromatic carbocycles. The van der Waals surface area contributed by atoms with Crippen LogP contribution in [0, 0.1) is 5.82 Å². The molecule has 0 heterocycles. The Morgan fingerprint density at radius 3 is 2.50 bits per heavy atom. The van der Waals surface area contributed by atoms with Crippen molar-refractivity contribution in [2.75, 3.05) is 6.26 Å². The predicted octanol–water partition coefficient (Wildman–Crippen LogP) is 2.20. The van der Waals surface area contributed by atoms with Crippen molar-refractivity contribution in [3.63, 3.8) is 0 Å². The average molecular weight is 309 g/mol. The van der Waals surface area contributed by atoms with E-state index in [1.807, 2.05) is 0 Å². The lowest BCUT2D eigenvalue weighted by Gasteiger charge is -2.09. The number of rotatable bonds is 3. The van der Waals surface area contributed by atoms with Crippen LogP contribution in [0.4, 0.5) is 4.39 Å². The molecule has 0 N–H and O–H groups in total. The first-order valence-electron chi connectivity index (χ1n) is 4.42. The minimum absolute atomic E-state index is 0.138. The van der Waals surface area contributed by atoms with E-state index in [0.29, 0.717) is 0 Å². The number of carbonyl (C=O) groups excluding carboxylic acids is 1. The van der Waals surface area contributed by atoms with Crippen LogP contribution in [0.15, 0.2) is 22.7 Å². The summed E-state index contributed by atoms with van der Waals surface area (Å²) in [5, 5.41) is -1.24. The van der Waals surface area contributed by atoms with Crippen molar-refractivity contribution in [3.8, 4) is 0 Å². The van der Waals surface area contributed by atoms with Gasteiger partial charge in [-0.25, -0.2) is 12.8 Å². The summed E-state index contributed by atoms with van der Waals surface area (Å²) < 4.78 is 36.1. The van der Waals surface area contributed by atoms with E-state index in [1.165, 1.54) is 25.1 Å². The van der Waals surface area contributed by atoms with Gasteiger partial charge in [0.1, 0.15) is 11.1 Å². The molecule has 1 aromatic rings. The standard InChI is InChI=1S/C10H10BrFO3S/c1-6(16(2,14)15)10(13)7-4-3-5-8(11)9(7)12/h3-6H,1-2H3. The summed E-state index contributed by atoms with van der Waals surface area (Å²) in [6.45, 7) is 1.25. The lowest BCUT2D eigenvalue weighted by molar-refractivity contribution is 0.0987. The first-order chi connectivity index (χ1) is 7.25. The Morgan fingerprint density at radius 1 is 1.44 bits per heavy atom. The van der Waals surface area contributed by atoms with E-state index in [1.54, 1.807) is 0 Å². The molecular formula is C10H10BrFO3S. The molecule has 3 nitrogen and oxygen atoms in total. The summed E-state index contributed by atoms with van der Waals surface area (Å²) in [6.07, 6.45) is 0.950. The Labute approximate surface area is 102 Å². The SMILES string of the molecule is CC(C(=O)c1cccc(Br)c1F)S(C)(=O)=O. The van der Waals surface area contributed by atoms with Crippen LogP contribution in [-0.2, 0) is 9.84 Å². The summed E-state index contributed by atoms with van der Waals surface area (Å²) in [5.74, 6) is -1.47. The van der Waals surface area contributed by atoms with Crippen molar-refractivity contribution < 1.29 is 17.6 Å². The fourth-order valence-corrected chi connectivity index (χ4v) is 1.99. The van der Waals surface area contributed by atoms with Gasteiger partial charge >= 0.3 is 0 Å². The smallest absolute Gasteiger partial charge is 0.183 e. The Morgan fingerprint density at radius 2 is 2.00 bits per heavy atom. The maximum Gasteiger partial charge on any atom is 0.183 e. The maximum absolute atomic E-state index is 13.5. The van der Waals surface area contributed by atoms with Gasteiger partial charge in [-0.05, 0) is 35.0 Å². The largest absolute Gasteiger partial charge is 0.293 e. The van der Waals surface area contributed by atoms with Gasteiger partial charge in [0.2, 0.25) is 0 Å². The van der Waals surface area contributed by atoms with Crippen LogP contribution >= 0.6 is 15.9 Å². The Bertz CT molecular complexity index is 525. The molecule has 1 atom stereocenters. The molecule has 0 bridgehead atoms. The van der Waals surface area contributed by atoms with Gasteiger partial charge in [-0.1, -0.05) is 6.07 Å². The van der Waals surface area contributed by atoms with Gasteiger partial charge in [0.05, 0.1) is 10.0 Å². The fourth-order valence-electron chi connectivity index (χ4n) is 1.11. The second-order valence-corrected chi connectivity index (χ2v) is 6.66. The van der Waals surface area contributed by atoms with Gasteiger partial charge in [0, 0.05) is 6.26 Å². The third-order valence-corrected chi connectivity index (χ3v) is 4.34. The van der Waals surface area contributed by atoms with E-state index in [9.17, 15) is 17.6 Å². The average Bonchev–Trinajstić information content (AvgIpc) is 2.18. The zero-order chi connectivity index (χ0) is 12.5. The Kier molecular flexibility index (Phi) is 3.85. The number of benzene rings is 1. The molecule has 1 rings (SSSR count). The summed E-state index contributed by atoms with van der Waals surface area (Å²) >= 11 is 2.94. The summed E-state index contributed by atoms with van der Waals surface area (Å²) in [5.41, 5.74) is -0.215. The Balaban J connectivity index is 3.21. The number of carbonyl (C=O) groups is 1. The van der Waals surface area contributed by atoms with E-state index in [4.69, 9.17) is 0 Å². The van der Waals surface area contributed by atoms with Crippen LogP contribution in [-0.4, -0.2) is 25.7 Å². The zero-order valence-corrected chi connectivity index (χ0v) is 11.1. The molecule has 0 aliphatic rings. The zero-order valence-electron chi connectivity index (χ0n) is 8.70. The fraction of sp³-hybridized carbons (Fsp3) is 0.300. The first kappa shape index (κ1) is 13.3. The highest BCUT2D eigenvalue weighted by Gasteiger charge is 2.27. The third kappa shape index (κ3) is 2.68. The van der Waals surface area contributed by atoms with Gasteiger partial charge < -0.3 is 0 Å². The van der Waals surface area contributed by atoms with Crippen LogP contribution in [0.25, 0.3) is 0 Å². The number of hydrogen-bond donors (Lipinski definition) is 0. The van der Waals surface area contributed by atoms with Crippen LogP contribution in [0.3, 0.4) is 0 Å². The molecule has 88 valence electrons. The minimum Gasteiger partial charge on any atom is -0.293 e. The van der Waals surface area contributed by atoms with Crippen LogP contribution in [0.5, 0.6) is 0 Å². The molecule has 16 heavy (non-hydrogen) atoms.